The van der Waals surface area contributed by atoms with Gasteiger partial charge in [0.2, 0.25) is 5.91 Å². The molecule has 0 saturated heterocycles. The lowest BCUT2D eigenvalue weighted by Crippen LogP contribution is -2.33. The molecule has 0 radical (unpaired) electrons. The van der Waals surface area contributed by atoms with Gasteiger partial charge in [-0.05, 0) is 24.6 Å². The quantitative estimate of drug-likeness (QED) is 0.406. The van der Waals surface area contributed by atoms with Gasteiger partial charge in [-0.3, -0.25) is 15.4 Å². The van der Waals surface area contributed by atoms with Crippen LogP contribution >= 0.6 is 0 Å². The van der Waals surface area contributed by atoms with E-state index in [1.165, 1.54) is 0 Å². The number of anilines is 1. The van der Waals surface area contributed by atoms with E-state index in [4.69, 9.17) is 11.6 Å². The van der Waals surface area contributed by atoms with E-state index < -0.39 is 11.8 Å². The van der Waals surface area contributed by atoms with Crippen LogP contribution in [0.1, 0.15) is 15.9 Å². The SMILES string of the molecule is Cc1ccc(C(=O)NCC(N)=O)c(NN)c1. The van der Waals surface area contributed by atoms with Gasteiger partial charge in [-0.15, -0.1) is 0 Å². The summed E-state index contributed by atoms with van der Waals surface area (Å²) in [6, 6.07) is 5.14. The van der Waals surface area contributed by atoms with E-state index in [2.05, 4.69) is 10.7 Å². The number of primary amides is 1. The fourth-order valence-corrected chi connectivity index (χ4v) is 1.24. The number of nitrogens with one attached hydrogen (secondary N) is 2. The third kappa shape index (κ3) is 2.96. The van der Waals surface area contributed by atoms with Gasteiger partial charge in [0.15, 0.2) is 0 Å². The number of hydrazine groups is 1. The van der Waals surface area contributed by atoms with Crippen molar-refractivity contribution < 1.29 is 9.59 Å². The van der Waals surface area contributed by atoms with Crippen LogP contribution in [0.3, 0.4) is 0 Å². The van der Waals surface area contributed by atoms with E-state index in [0.717, 1.165) is 5.56 Å². The summed E-state index contributed by atoms with van der Waals surface area (Å²) in [5.74, 6) is 4.30. The Morgan fingerprint density at radius 3 is 2.62 bits per heavy atom. The first-order chi connectivity index (χ1) is 7.54. The number of amides is 2. The van der Waals surface area contributed by atoms with Crippen LogP contribution in [0, 0.1) is 6.92 Å². The minimum absolute atomic E-state index is 0.198. The minimum Gasteiger partial charge on any atom is -0.368 e. The molecule has 1 rings (SSSR count). The Kier molecular flexibility index (Phi) is 3.84. The summed E-state index contributed by atoms with van der Waals surface area (Å²) in [7, 11) is 0. The molecule has 6 nitrogen and oxygen atoms in total. The Morgan fingerprint density at radius 2 is 2.06 bits per heavy atom. The van der Waals surface area contributed by atoms with Crippen molar-refractivity contribution in [1.82, 2.24) is 5.32 Å². The molecule has 0 spiro atoms. The minimum atomic E-state index is -0.595. The Morgan fingerprint density at radius 1 is 1.38 bits per heavy atom. The number of rotatable bonds is 4. The highest BCUT2D eigenvalue weighted by Gasteiger charge is 2.11. The average Bonchev–Trinajstić information content (AvgIpc) is 2.25. The largest absolute Gasteiger partial charge is 0.368 e. The highest BCUT2D eigenvalue weighted by atomic mass is 16.2. The van der Waals surface area contributed by atoms with Gasteiger partial charge in [-0.2, -0.15) is 0 Å². The van der Waals surface area contributed by atoms with Crippen LogP contribution in [0.15, 0.2) is 18.2 Å². The summed E-state index contributed by atoms with van der Waals surface area (Å²) in [4.78, 5) is 22.1. The Labute approximate surface area is 93.0 Å². The van der Waals surface area contributed by atoms with E-state index >= 15 is 0 Å². The summed E-state index contributed by atoms with van der Waals surface area (Å²) in [5.41, 5.74) is 9.19. The van der Waals surface area contributed by atoms with E-state index in [-0.39, 0.29) is 6.54 Å². The molecular weight excluding hydrogens is 208 g/mol. The molecule has 0 bridgehead atoms. The normalized spacial score (nSPS) is 9.62. The smallest absolute Gasteiger partial charge is 0.253 e. The van der Waals surface area contributed by atoms with Crippen molar-refractivity contribution in [3.8, 4) is 0 Å². The number of hydrogen-bond acceptors (Lipinski definition) is 4. The van der Waals surface area contributed by atoms with Gasteiger partial charge < -0.3 is 16.5 Å². The van der Waals surface area contributed by atoms with Crippen molar-refractivity contribution in [2.75, 3.05) is 12.0 Å². The van der Waals surface area contributed by atoms with Gasteiger partial charge >= 0.3 is 0 Å². The van der Waals surface area contributed by atoms with E-state index in [0.29, 0.717) is 11.3 Å². The topological polar surface area (TPSA) is 110 Å². The van der Waals surface area contributed by atoms with E-state index in [9.17, 15) is 9.59 Å². The van der Waals surface area contributed by atoms with Crippen LogP contribution in [0.25, 0.3) is 0 Å². The van der Waals surface area contributed by atoms with Crippen molar-refractivity contribution in [3.63, 3.8) is 0 Å². The van der Waals surface area contributed by atoms with Crippen molar-refractivity contribution in [1.29, 1.82) is 0 Å². The summed E-state index contributed by atoms with van der Waals surface area (Å²) >= 11 is 0. The van der Waals surface area contributed by atoms with Gasteiger partial charge in [-0.1, -0.05) is 6.07 Å². The standard InChI is InChI=1S/C10H14N4O2/c1-6-2-3-7(8(4-6)14-12)10(16)13-5-9(11)15/h2-4,14H,5,12H2,1H3,(H2,11,15)(H,13,16). The summed E-state index contributed by atoms with van der Waals surface area (Å²) < 4.78 is 0. The lowest BCUT2D eigenvalue weighted by Gasteiger charge is -2.09. The zero-order chi connectivity index (χ0) is 12.1. The van der Waals surface area contributed by atoms with Gasteiger partial charge in [0.25, 0.3) is 5.91 Å². The number of aryl methyl sites for hydroxylation is 1. The molecule has 6 N–H and O–H groups in total. The second-order valence-electron chi connectivity index (χ2n) is 3.34. The van der Waals surface area contributed by atoms with Crippen LogP contribution in [-0.2, 0) is 4.79 Å². The molecule has 86 valence electrons. The van der Waals surface area contributed by atoms with Crippen LogP contribution in [-0.4, -0.2) is 18.4 Å². The average molecular weight is 222 g/mol. The monoisotopic (exact) mass is 222 g/mol. The van der Waals surface area contributed by atoms with Gasteiger partial charge in [-0.25, -0.2) is 0 Å². The number of carbonyl (C=O) groups excluding carboxylic acids is 2. The van der Waals surface area contributed by atoms with Crippen LogP contribution in [0.4, 0.5) is 5.69 Å². The Bertz CT molecular complexity index is 417. The molecule has 0 atom stereocenters. The number of nitrogens with two attached hydrogens (primary N) is 2. The molecule has 2 amide bonds. The highest BCUT2D eigenvalue weighted by molar-refractivity contribution is 6.01. The molecule has 0 aliphatic carbocycles. The molecule has 0 heterocycles. The fourth-order valence-electron chi connectivity index (χ4n) is 1.24. The molecule has 0 aromatic heterocycles. The zero-order valence-electron chi connectivity index (χ0n) is 8.91. The molecule has 0 saturated carbocycles. The second-order valence-corrected chi connectivity index (χ2v) is 3.34. The molecule has 0 fully saturated rings. The first-order valence-electron chi connectivity index (χ1n) is 4.68. The fraction of sp³-hybridized carbons (Fsp3) is 0.200. The number of benzene rings is 1. The summed E-state index contributed by atoms with van der Waals surface area (Å²) in [6.45, 7) is 1.68. The number of carbonyl (C=O) groups is 2. The van der Waals surface area contributed by atoms with Crippen LogP contribution < -0.4 is 22.3 Å². The first kappa shape index (κ1) is 12.0. The summed E-state index contributed by atoms with van der Waals surface area (Å²) in [5, 5.41) is 2.38. The van der Waals surface area contributed by atoms with Crippen LogP contribution in [0.2, 0.25) is 0 Å². The van der Waals surface area contributed by atoms with Crippen molar-refractivity contribution in [2.45, 2.75) is 6.92 Å². The molecule has 16 heavy (non-hydrogen) atoms. The number of nitrogen functional groups attached to an aromatic ring is 1. The van der Waals surface area contributed by atoms with Gasteiger partial charge in [0.1, 0.15) is 0 Å². The maximum Gasteiger partial charge on any atom is 0.253 e. The maximum absolute atomic E-state index is 11.6. The molecular formula is C10H14N4O2. The summed E-state index contributed by atoms with van der Waals surface area (Å²) in [6.07, 6.45) is 0. The predicted octanol–water partition coefficient (Wildman–Crippen LogP) is -0.504. The molecule has 1 aromatic rings. The van der Waals surface area contributed by atoms with Gasteiger partial charge in [0, 0.05) is 0 Å². The second kappa shape index (κ2) is 5.13. The Balaban J connectivity index is 2.86. The molecule has 1 aromatic carbocycles. The first-order valence-corrected chi connectivity index (χ1v) is 4.68. The van der Waals surface area contributed by atoms with E-state index in [1.54, 1.807) is 18.2 Å². The lowest BCUT2D eigenvalue weighted by molar-refractivity contribution is -0.117. The zero-order valence-corrected chi connectivity index (χ0v) is 8.91. The number of hydrogen-bond donors (Lipinski definition) is 4. The van der Waals surface area contributed by atoms with Crippen LogP contribution in [0.5, 0.6) is 0 Å². The van der Waals surface area contributed by atoms with E-state index in [1.807, 2.05) is 6.92 Å². The highest BCUT2D eigenvalue weighted by Crippen LogP contribution is 2.16. The third-order valence-electron chi connectivity index (χ3n) is 2.00. The predicted molar refractivity (Wildman–Crippen MR) is 60.5 cm³/mol. The molecule has 6 heteroatoms. The Hall–Kier alpha value is -2.08. The van der Waals surface area contributed by atoms with Crippen molar-refractivity contribution >= 4 is 17.5 Å². The van der Waals surface area contributed by atoms with Gasteiger partial charge in [0.05, 0.1) is 17.8 Å². The lowest BCUT2D eigenvalue weighted by atomic mass is 10.1. The molecule has 0 aliphatic heterocycles. The maximum atomic E-state index is 11.6. The third-order valence-corrected chi connectivity index (χ3v) is 2.00. The van der Waals surface area contributed by atoms with Crippen molar-refractivity contribution in [3.05, 3.63) is 29.3 Å². The molecule has 0 aliphatic rings. The van der Waals surface area contributed by atoms with Crippen molar-refractivity contribution in [2.24, 2.45) is 11.6 Å². The molecule has 0 unspecified atom stereocenters.